The summed E-state index contributed by atoms with van der Waals surface area (Å²) in [6, 6.07) is 63.3. The van der Waals surface area contributed by atoms with Gasteiger partial charge in [0.15, 0.2) is 17.5 Å². The van der Waals surface area contributed by atoms with Crippen LogP contribution in [0.2, 0.25) is 0 Å². The fraction of sp³-hybridized carbons (Fsp3) is 0.161. The maximum Gasteiger partial charge on any atom is 0.164 e. The van der Waals surface area contributed by atoms with Crippen molar-refractivity contribution < 1.29 is 0 Å². The fourth-order valence-corrected chi connectivity index (χ4v) is 9.31. The Morgan fingerprint density at radius 2 is 1.10 bits per heavy atom. The Hall–Kier alpha value is -6.91. The minimum Gasteiger partial charge on any atom is -0.336 e. The third-order valence-corrected chi connectivity index (χ3v) is 12.5. The first-order valence-electron chi connectivity index (χ1n) is 21.4. The highest BCUT2D eigenvalue weighted by molar-refractivity contribution is 6.02. The van der Waals surface area contributed by atoms with Crippen molar-refractivity contribution in [1.29, 1.82) is 0 Å². The normalized spacial score (nSPS) is 14.4. The number of hydrogen-bond donors (Lipinski definition) is 0. The smallest absolute Gasteiger partial charge is 0.164 e. The van der Waals surface area contributed by atoms with Gasteiger partial charge in [-0.2, -0.15) is 0 Å². The summed E-state index contributed by atoms with van der Waals surface area (Å²) in [6.07, 6.45) is 4.44. The summed E-state index contributed by atoms with van der Waals surface area (Å²) >= 11 is 0. The highest BCUT2D eigenvalue weighted by Crippen LogP contribution is 2.50. The second-order valence-electron chi connectivity index (χ2n) is 16.6. The van der Waals surface area contributed by atoms with Gasteiger partial charge in [-0.05, 0) is 99.3 Å². The van der Waals surface area contributed by atoms with E-state index >= 15 is 0 Å². The Morgan fingerprint density at radius 3 is 1.83 bits per heavy atom. The quantitative estimate of drug-likeness (QED) is 0.130. The topological polar surface area (TPSA) is 41.9 Å². The molecule has 10 rings (SSSR count). The lowest BCUT2D eigenvalue weighted by atomic mass is 9.82. The van der Waals surface area contributed by atoms with E-state index in [-0.39, 0.29) is 5.41 Å². The van der Waals surface area contributed by atoms with Gasteiger partial charge in [-0.1, -0.05) is 173 Å². The number of hydrogen-bond acceptors (Lipinski definition) is 4. The number of rotatable bonds is 10. The van der Waals surface area contributed by atoms with Crippen molar-refractivity contribution in [2.24, 2.45) is 0 Å². The monoisotopic (exact) mass is 776 g/mol. The lowest BCUT2D eigenvalue weighted by Gasteiger charge is -2.21. The van der Waals surface area contributed by atoms with Crippen LogP contribution < -0.4 is 4.90 Å². The largest absolute Gasteiger partial charge is 0.336 e. The lowest BCUT2D eigenvalue weighted by molar-refractivity contribution is 0.660. The van der Waals surface area contributed by atoms with Gasteiger partial charge in [-0.25, -0.2) is 15.0 Å². The number of aromatic nitrogens is 3. The van der Waals surface area contributed by atoms with Crippen LogP contribution in [0.1, 0.15) is 68.7 Å². The van der Waals surface area contributed by atoms with Crippen LogP contribution in [-0.4, -0.2) is 21.5 Å². The molecule has 4 nitrogen and oxygen atoms in total. The van der Waals surface area contributed by atoms with Gasteiger partial charge in [-0.3, -0.25) is 0 Å². The molecule has 0 saturated carbocycles. The zero-order valence-corrected chi connectivity index (χ0v) is 34.6. The van der Waals surface area contributed by atoms with E-state index in [4.69, 9.17) is 15.0 Å². The minimum absolute atomic E-state index is 0.132. The third-order valence-electron chi connectivity index (χ3n) is 12.5. The average molecular weight is 777 g/mol. The zero-order valence-electron chi connectivity index (χ0n) is 34.6. The molecule has 292 valence electrons. The maximum absolute atomic E-state index is 5.28. The number of allylic oxidation sites excluding steroid dienone is 1. The van der Waals surface area contributed by atoms with Crippen molar-refractivity contribution in [3.8, 4) is 56.4 Å². The molecule has 7 aromatic carbocycles. The molecule has 0 N–H and O–H groups in total. The summed E-state index contributed by atoms with van der Waals surface area (Å²) in [5.41, 5.74) is 18.2. The maximum atomic E-state index is 5.28. The molecule has 1 aliphatic carbocycles. The van der Waals surface area contributed by atoms with Crippen molar-refractivity contribution in [3.05, 3.63) is 198 Å². The molecule has 0 radical (unpaired) electrons. The van der Waals surface area contributed by atoms with E-state index in [2.05, 4.69) is 183 Å². The molecule has 0 bridgehead atoms. The van der Waals surface area contributed by atoms with Gasteiger partial charge in [-0.15, -0.1) is 0 Å². The van der Waals surface area contributed by atoms with Crippen molar-refractivity contribution >= 4 is 22.5 Å². The van der Waals surface area contributed by atoms with E-state index in [1.165, 1.54) is 73.4 Å². The molecule has 2 aliphatic rings. The summed E-state index contributed by atoms with van der Waals surface area (Å²) in [5, 5.41) is 0. The standard InChI is InChI=1S/C56H48N4/c1-4-5-9-27-45(49-37-60(44-25-14-8-15-26-44)52-33-31-40(35-48(49)52)38-19-10-6-11-20-38)41-23-18-24-42(34-41)54-57-53(39-21-12-7-13-22-39)58-55(59-54)43-30-32-47-46-28-16-17-29-50(46)56(2,3)51(47)36-43/h6-8,10-26,28-36H,4-5,9,27,37H2,1-3H3/b49-45-. The van der Waals surface area contributed by atoms with Crippen LogP contribution in [-0.2, 0) is 5.41 Å². The molecule has 0 saturated heterocycles. The van der Waals surface area contributed by atoms with Gasteiger partial charge in [0, 0.05) is 45.6 Å². The predicted molar refractivity (Wildman–Crippen MR) is 250 cm³/mol. The van der Waals surface area contributed by atoms with Gasteiger partial charge < -0.3 is 4.90 Å². The van der Waals surface area contributed by atoms with E-state index in [0.717, 1.165) is 42.5 Å². The van der Waals surface area contributed by atoms with Crippen LogP contribution in [0.3, 0.4) is 0 Å². The second-order valence-corrected chi connectivity index (χ2v) is 16.6. The predicted octanol–water partition coefficient (Wildman–Crippen LogP) is 14.5. The number of unbranched alkanes of at least 4 members (excludes halogenated alkanes) is 2. The molecule has 0 atom stereocenters. The zero-order chi connectivity index (χ0) is 40.6. The number of benzene rings is 7. The van der Waals surface area contributed by atoms with Crippen LogP contribution in [0, 0.1) is 0 Å². The molecule has 1 aliphatic heterocycles. The highest BCUT2D eigenvalue weighted by atomic mass is 15.2. The molecule has 4 heteroatoms. The van der Waals surface area contributed by atoms with Gasteiger partial charge in [0.05, 0.1) is 0 Å². The van der Waals surface area contributed by atoms with Crippen LogP contribution in [0.25, 0.3) is 67.6 Å². The number of nitrogens with zero attached hydrogens (tertiary/aromatic N) is 4. The van der Waals surface area contributed by atoms with E-state index < -0.39 is 0 Å². The Kier molecular flexibility index (Phi) is 9.77. The van der Waals surface area contributed by atoms with Gasteiger partial charge in [0.1, 0.15) is 0 Å². The first kappa shape index (κ1) is 37.4. The SMILES string of the molecule is CCCCC/C(=C1\CN(c2ccccc2)c2ccc(-c3ccccc3)cc21)c1cccc(-c2nc(-c3ccccc3)nc(-c3ccc4c(c3)C(C)(C)c3ccccc3-4)n2)c1. The summed E-state index contributed by atoms with van der Waals surface area (Å²) < 4.78 is 0. The first-order chi connectivity index (χ1) is 29.5. The van der Waals surface area contributed by atoms with Crippen LogP contribution in [0.4, 0.5) is 11.4 Å². The van der Waals surface area contributed by atoms with Crippen molar-refractivity contribution in [3.63, 3.8) is 0 Å². The van der Waals surface area contributed by atoms with E-state index in [0.29, 0.717) is 17.5 Å². The van der Waals surface area contributed by atoms with Crippen molar-refractivity contribution in [2.45, 2.75) is 51.9 Å². The molecule has 0 unspecified atom stereocenters. The molecule has 0 amide bonds. The number of fused-ring (bicyclic) bond motifs is 4. The lowest BCUT2D eigenvalue weighted by Crippen LogP contribution is -2.15. The molecule has 60 heavy (non-hydrogen) atoms. The Labute approximate surface area is 354 Å². The van der Waals surface area contributed by atoms with Crippen molar-refractivity contribution in [1.82, 2.24) is 15.0 Å². The third kappa shape index (κ3) is 6.82. The highest BCUT2D eigenvalue weighted by Gasteiger charge is 2.35. The van der Waals surface area contributed by atoms with Gasteiger partial charge >= 0.3 is 0 Å². The minimum atomic E-state index is -0.132. The molecule has 1 aromatic heterocycles. The fourth-order valence-electron chi connectivity index (χ4n) is 9.31. The summed E-state index contributed by atoms with van der Waals surface area (Å²) in [6.45, 7) is 7.72. The van der Waals surface area contributed by atoms with E-state index in [1.54, 1.807) is 0 Å². The number of para-hydroxylation sites is 1. The summed E-state index contributed by atoms with van der Waals surface area (Å²) in [7, 11) is 0. The van der Waals surface area contributed by atoms with E-state index in [1.807, 2.05) is 18.2 Å². The van der Waals surface area contributed by atoms with Crippen LogP contribution in [0.5, 0.6) is 0 Å². The molecular weight excluding hydrogens is 729 g/mol. The second kappa shape index (κ2) is 15.7. The molecule has 8 aromatic rings. The van der Waals surface area contributed by atoms with Gasteiger partial charge in [0.2, 0.25) is 0 Å². The Morgan fingerprint density at radius 1 is 0.500 bits per heavy atom. The first-order valence-corrected chi connectivity index (χ1v) is 21.4. The molecule has 0 spiro atoms. The summed E-state index contributed by atoms with van der Waals surface area (Å²) in [5.74, 6) is 2.02. The van der Waals surface area contributed by atoms with Crippen LogP contribution in [0.15, 0.2) is 176 Å². The Balaban J connectivity index is 1.12. The molecule has 2 heterocycles. The number of anilines is 2. The molecular formula is C56H48N4. The summed E-state index contributed by atoms with van der Waals surface area (Å²) in [4.78, 5) is 18.1. The average Bonchev–Trinajstić information content (AvgIpc) is 3.80. The van der Waals surface area contributed by atoms with E-state index in [9.17, 15) is 0 Å². The van der Waals surface area contributed by atoms with Crippen LogP contribution >= 0.6 is 0 Å². The molecule has 0 fully saturated rings. The van der Waals surface area contributed by atoms with Gasteiger partial charge in [0.25, 0.3) is 0 Å². The van der Waals surface area contributed by atoms with Crippen molar-refractivity contribution in [2.75, 3.05) is 11.4 Å². The Bertz CT molecular complexity index is 2880.